The molecule has 0 N–H and O–H groups in total. The Morgan fingerprint density at radius 1 is 1.07 bits per heavy atom. The van der Waals surface area contributed by atoms with E-state index in [9.17, 15) is 22.4 Å². The summed E-state index contributed by atoms with van der Waals surface area (Å²) in [6.07, 6.45) is 2.59. The third-order valence-electron chi connectivity index (χ3n) is 5.94. The minimum Gasteiger partial charge on any atom is -0.490 e. The Bertz CT molecular complexity index is 923. The van der Waals surface area contributed by atoms with Gasteiger partial charge in [-0.05, 0) is 25.0 Å². The fraction of sp³-hybridized carbons (Fsp3) is 0.381. The van der Waals surface area contributed by atoms with E-state index in [1.807, 2.05) is 0 Å². The van der Waals surface area contributed by atoms with Crippen LogP contribution in [0, 0.1) is 17.6 Å². The predicted octanol–water partition coefficient (Wildman–Crippen LogP) is 5.59. The molecule has 4 rings (SSSR count). The second kappa shape index (κ2) is 6.84. The normalized spacial score (nSPS) is 24.1. The van der Waals surface area contributed by atoms with E-state index in [2.05, 4.69) is 0 Å². The number of carbonyl (C=O) groups is 1. The lowest BCUT2D eigenvalue weighted by Crippen LogP contribution is -2.51. The van der Waals surface area contributed by atoms with Gasteiger partial charge >= 0.3 is 0 Å². The molecule has 0 saturated heterocycles. The van der Waals surface area contributed by atoms with Crippen LogP contribution in [0.2, 0.25) is 0 Å². The highest BCUT2D eigenvalue weighted by atomic mass is 31.0. The van der Waals surface area contributed by atoms with E-state index in [1.54, 1.807) is 0 Å². The van der Waals surface area contributed by atoms with E-state index in [1.165, 1.54) is 33.5 Å². The zero-order valence-electron chi connectivity index (χ0n) is 15.0. The van der Waals surface area contributed by atoms with Crippen LogP contribution in [0.3, 0.4) is 0 Å². The standard InChI is InChI=1S/C21H19F4O2P/c22-15-8-9-16(23)18-17(15)20(10-2-1-3-14(20)11-27-18)19(26)12-4-6-13(7-5-12)21(24,25)28/h4-9,14H,1-3,10-11,28H2/t14?,20-/m0/s1. The van der Waals surface area contributed by atoms with E-state index in [4.69, 9.17) is 4.74 Å². The van der Waals surface area contributed by atoms with Gasteiger partial charge in [-0.15, -0.1) is 0 Å². The third kappa shape index (κ3) is 2.93. The average Bonchev–Trinajstić information content (AvgIpc) is 2.69. The Morgan fingerprint density at radius 2 is 1.75 bits per heavy atom. The fourth-order valence-corrected chi connectivity index (χ4v) is 4.78. The van der Waals surface area contributed by atoms with Crippen molar-refractivity contribution in [3.05, 3.63) is 64.7 Å². The van der Waals surface area contributed by atoms with Crippen LogP contribution >= 0.6 is 9.24 Å². The minimum atomic E-state index is -3.10. The van der Waals surface area contributed by atoms with Gasteiger partial charge < -0.3 is 4.74 Å². The van der Waals surface area contributed by atoms with Crippen LogP contribution in [0.1, 0.15) is 47.2 Å². The molecule has 28 heavy (non-hydrogen) atoms. The van der Waals surface area contributed by atoms with Gasteiger partial charge in [-0.3, -0.25) is 4.79 Å². The predicted molar refractivity (Wildman–Crippen MR) is 99.9 cm³/mol. The second-order valence-electron chi connectivity index (χ2n) is 7.49. The van der Waals surface area contributed by atoms with Crippen LogP contribution in [0.5, 0.6) is 5.75 Å². The molecule has 2 aliphatic rings. The fourth-order valence-electron chi connectivity index (χ4n) is 4.59. The SMILES string of the molecule is O=C(c1ccc(C(F)(F)P)cc1)[C@@]12CCCCC1COc1c(F)ccc(F)c12. The Kier molecular flexibility index (Phi) is 4.73. The first-order chi connectivity index (χ1) is 13.2. The Balaban J connectivity index is 1.86. The van der Waals surface area contributed by atoms with Crippen LogP contribution in [-0.2, 0) is 11.1 Å². The van der Waals surface area contributed by atoms with Gasteiger partial charge in [0.25, 0.3) is 5.66 Å². The van der Waals surface area contributed by atoms with Crippen molar-refractivity contribution in [2.45, 2.75) is 36.8 Å². The molecule has 2 aromatic rings. The lowest BCUT2D eigenvalue weighted by Gasteiger charge is -2.47. The molecule has 1 fully saturated rings. The zero-order chi connectivity index (χ0) is 20.1. The van der Waals surface area contributed by atoms with Crippen molar-refractivity contribution in [3.63, 3.8) is 0 Å². The first kappa shape index (κ1) is 19.4. The first-order valence-electron chi connectivity index (χ1n) is 9.18. The smallest absolute Gasteiger partial charge is 0.283 e. The molecule has 0 radical (unpaired) electrons. The molecule has 0 spiro atoms. The molecule has 1 saturated carbocycles. The van der Waals surface area contributed by atoms with Crippen molar-refractivity contribution in [2.24, 2.45) is 5.92 Å². The molecule has 0 amide bonds. The summed E-state index contributed by atoms with van der Waals surface area (Å²) in [7, 11) is 1.45. The number of hydrogen-bond acceptors (Lipinski definition) is 2. The summed E-state index contributed by atoms with van der Waals surface area (Å²) in [5.41, 5.74) is -4.41. The van der Waals surface area contributed by atoms with Gasteiger partial charge in [0.05, 0.1) is 12.0 Å². The number of ether oxygens (including phenoxy) is 1. The van der Waals surface area contributed by atoms with Gasteiger partial charge in [0.15, 0.2) is 17.3 Å². The summed E-state index contributed by atoms with van der Waals surface area (Å²) in [6, 6.07) is 7.06. The molecule has 2 aromatic carbocycles. The zero-order valence-corrected chi connectivity index (χ0v) is 16.1. The summed E-state index contributed by atoms with van der Waals surface area (Å²) in [4.78, 5) is 13.6. The van der Waals surface area contributed by atoms with Gasteiger partial charge in [0.1, 0.15) is 5.82 Å². The van der Waals surface area contributed by atoms with Crippen molar-refractivity contribution in [1.29, 1.82) is 0 Å². The maximum Gasteiger partial charge on any atom is 0.283 e. The van der Waals surface area contributed by atoms with Crippen LogP contribution in [-0.4, -0.2) is 12.4 Å². The first-order valence-corrected chi connectivity index (χ1v) is 9.76. The van der Waals surface area contributed by atoms with Gasteiger partial charge in [-0.1, -0.05) is 46.3 Å². The lowest BCUT2D eigenvalue weighted by atomic mass is 9.58. The number of benzene rings is 2. The Morgan fingerprint density at radius 3 is 2.43 bits per heavy atom. The van der Waals surface area contributed by atoms with Crippen LogP contribution in [0.4, 0.5) is 17.6 Å². The number of fused-ring (bicyclic) bond motifs is 3. The van der Waals surface area contributed by atoms with Crippen LogP contribution in [0.25, 0.3) is 0 Å². The number of halogens is 4. The van der Waals surface area contributed by atoms with Crippen molar-refractivity contribution in [1.82, 2.24) is 0 Å². The molecular weight excluding hydrogens is 391 g/mol. The summed E-state index contributed by atoms with van der Waals surface area (Å²) in [5, 5.41) is 0. The highest BCUT2D eigenvalue weighted by molar-refractivity contribution is 7.17. The largest absolute Gasteiger partial charge is 0.490 e. The maximum atomic E-state index is 14.9. The highest BCUT2D eigenvalue weighted by Gasteiger charge is 2.54. The van der Waals surface area contributed by atoms with Crippen molar-refractivity contribution in [2.75, 3.05) is 6.61 Å². The number of rotatable bonds is 3. The van der Waals surface area contributed by atoms with E-state index in [0.29, 0.717) is 19.3 Å². The van der Waals surface area contributed by atoms with E-state index < -0.39 is 22.7 Å². The van der Waals surface area contributed by atoms with Gasteiger partial charge in [0.2, 0.25) is 0 Å². The number of carbonyl (C=O) groups excluding carboxylic acids is 1. The van der Waals surface area contributed by atoms with Crippen molar-refractivity contribution >= 4 is 15.0 Å². The van der Waals surface area contributed by atoms with Crippen molar-refractivity contribution < 1.29 is 27.1 Å². The van der Waals surface area contributed by atoms with Crippen molar-refractivity contribution in [3.8, 4) is 5.75 Å². The number of alkyl halides is 2. The van der Waals surface area contributed by atoms with Gasteiger partial charge in [-0.25, -0.2) is 8.78 Å². The summed E-state index contributed by atoms with van der Waals surface area (Å²) >= 11 is 0. The third-order valence-corrected chi connectivity index (χ3v) is 6.27. The number of hydrogen-bond donors (Lipinski definition) is 0. The summed E-state index contributed by atoms with van der Waals surface area (Å²) in [5.74, 6) is -2.25. The summed E-state index contributed by atoms with van der Waals surface area (Å²) in [6.45, 7) is 0.126. The van der Waals surface area contributed by atoms with Gasteiger partial charge in [0, 0.05) is 22.6 Å². The Labute approximate surface area is 162 Å². The van der Waals surface area contributed by atoms with Gasteiger partial charge in [-0.2, -0.15) is 8.78 Å². The van der Waals surface area contributed by atoms with Crippen LogP contribution < -0.4 is 4.74 Å². The topological polar surface area (TPSA) is 26.3 Å². The molecule has 3 atom stereocenters. The molecule has 7 heteroatoms. The minimum absolute atomic E-state index is 0.0334. The molecule has 0 aromatic heterocycles. The molecule has 2 unspecified atom stereocenters. The maximum absolute atomic E-state index is 14.9. The van der Waals surface area contributed by atoms with E-state index in [-0.39, 0.29) is 40.7 Å². The van der Waals surface area contributed by atoms with E-state index in [0.717, 1.165) is 18.6 Å². The van der Waals surface area contributed by atoms with E-state index >= 15 is 0 Å². The van der Waals surface area contributed by atoms with Crippen LogP contribution in [0.15, 0.2) is 36.4 Å². The molecule has 0 bridgehead atoms. The molecule has 1 aliphatic carbocycles. The molecule has 1 heterocycles. The lowest BCUT2D eigenvalue weighted by molar-refractivity contribution is 0.0532. The monoisotopic (exact) mass is 410 g/mol. The number of ketones is 1. The number of Topliss-reactive ketones (excluding diaryl/α,β-unsaturated/α-hetero) is 1. The average molecular weight is 410 g/mol. The highest BCUT2D eigenvalue weighted by Crippen LogP contribution is 2.53. The Hall–Kier alpha value is -1.94. The summed E-state index contributed by atoms with van der Waals surface area (Å²) < 4.78 is 61.7. The molecule has 1 aliphatic heterocycles. The molecule has 148 valence electrons. The molecule has 2 nitrogen and oxygen atoms in total. The second-order valence-corrected chi connectivity index (χ2v) is 8.21. The quantitative estimate of drug-likeness (QED) is 0.375. The molecular formula is C21H19F4O2P.